The average Bonchev–Trinajstić information content (AvgIpc) is 2.87. The van der Waals surface area contributed by atoms with Crippen molar-refractivity contribution in [2.75, 3.05) is 11.9 Å². The number of hydroxylamine groups is 1. The number of nitrogens with one attached hydrogen (secondary N) is 3. The molecule has 184 valence electrons. The predicted molar refractivity (Wildman–Crippen MR) is 135 cm³/mol. The van der Waals surface area contributed by atoms with Crippen LogP contribution in [0.5, 0.6) is 0 Å². The lowest BCUT2D eigenvalue weighted by molar-refractivity contribution is -0.130. The van der Waals surface area contributed by atoms with Crippen LogP contribution in [0, 0.1) is 19.7 Å². The summed E-state index contributed by atoms with van der Waals surface area (Å²) in [4.78, 5) is 25.2. The SMILES string of the molecule is Cc1cc(NC(CCCCNC(=O)C(c2ccccc2)c2ccccc2)C(=O)NO)cc(C)c1F. The number of hydrogen-bond donors (Lipinski definition) is 4. The van der Waals surface area contributed by atoms with Gasteiger partial charge < -0.3 is 10.6 Å². The number of aryl methyl sites for hydroxylation is 2. The second-order valence-electron chi connectivity index (χ2n) is 8.64. The van der Waals surface area contributed by atoms with Gasteiger partial charge in [-0.3, -0.25) is 14.8 Å². The van der Waals surface area contributed by atoms with Gasteiger partial charge in [-0.05, 0) is 67.5 Å². The summed E-state index contributed by atoms with van der Waals surface area (Å²) in [6, 6.07) is 21.9. The molecule has 2 amide bonds. The van der Waals surface area contributed by atoms with Gasteiger partial charge in [0.1, 0.15) is 11.9 Å². The van der Waals surface area contributed by atoms with Gasteiger partial charge in [-0.1, -0.05) is 60.7 Å². The van der Waals surface area contributed by atoms with Crippen LogP contribution in [-0.2, 0) is 9.59 Å². The number of rotatable bonds is 11. The highest BCUT2D eigenvalue weighted by molar-refractivity contribution is 5.87. The van der Waals surface area contributed by atoms with Crippen molar-refractivity contribution < 1.29 is 19.2 Å². The molecule has 0 aromatic heterocycles. The normalized spacial score (nSPS) is 11.7. The molecule has 35 heavy (non-hydrogen) atoms. The van der Waals surface area contributed by atoms with Gasteiger partial charge in [0.25, 0.3) is 5.91 Å². The van der Waals surface area contributed by atoms with Crippen molar-refractivity contribution in [3.05, 3.63) is 101 Å². The van der Waals surface area contributed by atoms with Crippen LogP contribution >= 0.6 is 0 Å². The minimum Gasteiger partial charge on any atom is -0.374 e. The Morgan fingerprint density at radius 2 is 1.40 bits per heavy atom. The lowest BCUT2D eigenvalue weighted by Gasteiger charge is -2.20. The summed E-state index contributed by atoms with van der Waals surface area (Å²) in [6.07, 6.45) is 1.71. The Bertz CT molecular complexity index is 1060. The fourth-order valence-electron chi connectivity index (χ4n) is 4.15. The predicted octanol–water partition coefficient (Wildman–Crippen LogP) is 4.85. The number of hydrogen-bond acceptors (Lipinski definition) is 4. The van der Waals surface area contributed by atoms with E-state index in [1.165, 1.54) is 0 Å². The number of anilines is 1. The van der Waals surface area contributed by atoms with Crippen molar-refractivity contribution in [3.8, 4) is 0 Å². The average molecular weight is 478 g/mol. The zero-order valence-electron chi connectivity index (χ0n) is 20.1. The highest BCUT2D eigenvalue weighted by atomic mass is 19.1. The van der Waals surface area contributed by atoms with Gasteiger partial charge in [0, 0.05) is 12.2 Å². The maximum Gasteiger partial charge on any atom is 0.265 e. The molecule has 0 saturated heterocycles. The molecule has 6 nitrogen and oxygen atoms in total. The summed E-state index contributed by atoms with van der Waals surface area (Å²) in [5.41, 5.74) is 5.10. The van der Waals surface area contributed by atoms with Crippen LogP contribution in [0.4, 0.5) is 10.1 Å². The summed E-state index contributed by atoms with van der Waals surface area (Å²) in [7, 11) is 0. The van der Waals surface area contributed by atoms with Crippen molar-refractivity contribution in [1.29, 1.82) is 0 Å². The topological polar surface area (TPSA) is 90.5 Å². The largest absolute Gasteiger partial charge is 0.374 e. The van der Waals surface area contributed by atoms with Gasteiger partial charge in [0.15, 0.2) is 0 Å². The van der Waals surface area contributed by atoms with Gasteiger partial charge in [-0.15, -0.1) is 0 Å². The molecule has 7 heteroatoms. The third-order valence-electron chi connectivity index (χ3n) is 5.95. The number of halogens is 1. The summed E-state index contributed by atoms with van der Waals surface area (Å²) in [5, 5.41) is 15.2. The quantitative estimate of drug-likeness (QED) is 0.181. The molecule has 4 N–H and O–H groups in total. The fourth-order valence-corrected chi connectivity index (χ4v) is 4.15. The van der Waals surface area contributed by atoms with E-state index in [9.17, 15) is 14.0 Å². The molecule has 3 aromatic rings. The molecule has 0 aliphatic rings. The Balaban J connectivity index is 1.56. The van der Waals surface area contributed by atoms with Gasteiger partial charge in [-0.25, -0.2) is 9.87 Å². The molecule has 3 rings (SSSR count). The molecule has 0 radical (unpaired) electrons. The molecule has 0 bridgehead atoms. The third kappa shape index (κ3) is 7.13. The maximum absolute atomic E-state index is 13.9. The molecular weight excluding hydrogens is 445 g/mol. The highest BCUT2D eigenvalue weighted by Crippen LogP contribution is 2.25. The highest BCUT2D eigenvalue weighted by Gasteiger charge is 2.22. The zero-order chi connectivity index (χ0) is 25.2. The Hall–Kier alpha value is -3.71. The molecular formula is C28H32FN3O3. The number of carbonyl (C=O) groups is 2. The molecule has 3 aromatic carbocycles. The summed E-state index contributed by atoms with van der Waals surface area (Å²) in [6.45, 7) is 3.78. The van der Waals surface area contributed by atoms with Crippen LogP contribution in [0.2, 0.25) is 0 Å². The first-order valence-corrected chi connectivity index (χ1v) is 11.8. The smallest absolute Gasteiger partial charge is 0.265 e. The van der Waals surface area contributed by atoms with E-state index in [0.29, 0.717) is 42.6 Å². The summed E-state index contributed by atoms with van der Waals surface area (Å²) < 4.78 is 13.9. The van der Waals surface area contributed by atoms with Gasteiger partial charge in [0.2, 0.25) is 5.91 Å². The second-order valence-corrected chi connectivity index (χ2v) is 8.64. The Morgan fingerprint density at radius 3 is 1.91 bits per heavy atom. The first kappa shape index (κ1) is 25.9. The molecule has 0 heterocycles. The van der Waals surface area contributed by atoms with Gasteiger partial charge in [-0.2, -0.15) is 0 Å². The van der Waals surface area contributed by atoms with E-state index in [1.54, 1.807) is 31.5 Å². The molecule has 0 aliphatic heterocycles. The van der Waals surface area contributed by atoms with Gasteiger partial charge >= 0.3 is 0 Å². The summed E-state index contributed by atoms with van der Waals surface area (Å²) >= 11 is 0. The molecule has 1 atom stereocenters. The standard InChI is InChI=1S/C28H32FN3O3/c1-19-17-23(18-20(2)26(19)29)31-24(27(33)32-35)15-9-10-16-30-28(34)25(21-11-5-3-6-12-21)22-13-7-4-8-14-22/h3-8,11-14,17-18,24-25,31,35H,9-10,15-16H2,1-2H3,(H,30,34)(H,32,33). The van der Waals surface area contributed by atoms with Crippen LogP contribution in [0.15, 0.2) is 72.8 Å². The first-order valence-electron chi connectivity index (χ1n) is 11.8. The van der Waals surface area contributed by atoms with Crippen molar-refractivity contribution in [2.45, 2.75) is 45.1 Å². The number of unbranched alkanes of at least 4 members (excludes halogenated alkanes) is 1. The maximum atomic E-state index is 13.9. The minimum atomic E-state index is -0.693. The van der Waals surface area contributed by atoms with Gasteiger partial charge in [0.05, 0.1) is 5.92 Å². The van der Waals surface area contributed by atoms with Crippen LogP contribution in [-0.4, -0.2) is 29.6 Å². The van der Waals surface area contributed by atoms with E-state index >= 15 is 0 Å². The van der Waals surface area contributed by atoms with Crippen molar-refractivity contribution in [1.82, 2.24) is 10.8 Å². The van der Waals surface area contributed by atoms with E-state index in [1.807, 2.05) is 60.7 Å². The van der Waals surface area contributed by atoms with E-state index in [4.69, 9.17) is 5.21 Å². The van der Waals surface area contributed by atoms with Crippen LogP contribution in [0.3, 0.4) is 0 Å². The monoisotopic (exact) mass is 477 g/mol. The van der Waals surface area contributed by atoms with E-state index in [0.717, 1.165) is 11.1 Å². The van der Waals surface area contributed by atoms with E-state index in [2.05, 4.69) is 10.6 Å². The van der Waals surface area contributed by atoms with E-state index in [-0.39, 0.29) is 11.7 Å². The molecule has 0 spiro atoms. The number of carbonyl (C=O) groups excluding carboxylic acids is 2. The Labute approximate surface area is 205 Å². The van der Waals surface area contributed by atoms with Crippen molar-refractivity contribution in [3.63, 3.8) is 0 Å². The van der Waals surface area contributed by atoms with Crippen LogP contribution in [0.25, 0.3) is 0 Å². The first-order chi connectivity index (χ1) is 16.9. The number of benzene rings is 3. The zero-order valence-corrected chi connectivity index (χ0v) is 20.1. The van der Waals surface area contributed by atoms with Crippen molar-refractivity contribution >= 4 is 17.5 Å². The lowest BCUT2D eigenvalue weighted by Crippen LogP contribution is -2.38. The Morgan fingerprint density at radius 1 is 0.857 bits per heavy atom. The fraction of sp³-hybridized carbons (Fsp3) is 0.286. The van der Waals surface area contributed by atoms with Crippen molar-refractivity contribution in [2.24, 2.45) is 0 Å². The van der Waals surface area contributed by atoms with Crippen LogP contribution in [0.1, 0.15) is 47.4 Å². The molecule has 0 saturated carbocycles. The lowest BCUT2D eigenvalue weighted by atomic mass is 9.90. The second kappa shape index (κ2) is 12.7. The van der Waals surface area contributed by atoms with Crippen LogP contribution < -0.4 is 16.1 Å². The summed E-state index contributed by atoms with van der Waals surface area (Å²) in [5.74, 6) is -1.33. The Kier molecular flexibility index (Phi) is 9.38. The number of amides is 2. The third-order valence-corrected chi connectivity index (χ3v) is 5.95. The minimum absolute atomic E-state index is 0.0811. The molecule has 1 unspecified atom stereocenters. The molecule has 0 fully saturated rings. The van der Waals surface area contributed by atoms with E-state index < -0.39 is 17.9 Å². The molecule has 0 aliphatic carbocycles.